The van der Waals surface area contributed by atoms with Crippen molar-refractivity contribution in [3.8, 4) is 0 Å². The van der Waals surface area contributed by atoms with E-state index < -0.39 is 11.9 Å². The Balaban J connectivity index is 1.59. The molecule has 7 nitrogen and oxygen atoms in total. The van der Waals surface area contributed by atoms with E-state index in [2.05, 4.69) is 27.9 Å². The molecule has 26 heavy (non-hydrogen) atoms. The van der Waals surface area contributed by atoms with E-state index in [1.165, 1.54) is 0 Å². The van der Waals surface area contributed by atoms with Crippen molar-refractivity contribution in [2.45, 2.75) is 33.2 Å². The Bertz CT molecular complexity index is 801. The van der Waals surface area contributed by atoms with Gasteiger partial charge in [-0.15, -0.1) is 0 Å². The molecule has 2 atom stereocenters. The number of benzene rings is 1. The highest BCUT2D eigenvalue weighted by Crippen LogP contribution is 2.22. The van der Waals surface area contributed by atoms with Crippen LogP contribution in [0.4, 0.5) is 4.79 Å². The van der Waals surface area contributed by atoms with Crippen LogP contribution in [-0.2, 0) is 17.8 Å². The molecule has 0 spiro atoms. The lowest BCUT2D eigenvalue weighted by Gasteiger charge is -2.34. The number of urea groups is 1. The molecule has 2 amide bonds. The summed E-state index contributed by atoms with van der Waals surface area (Å²) in [6.45, 7) is 6.25. The maximum Gasteiger partial charge on any atom is 0.317 e. The Morgan fingerprint density at radius 3 is 2.81 bits per heavy atom. The van der Waals surface area contributed by atoms with Gasteiger partial charge in [0.15, 0.2) is 0 Å². The second kappa shape index (κ2) is 7.76. The summed E-state index contributed by atoms with van der Waals surface area (Å²) in [6, 6.07) is 7.82. The van der Waals surface area contributed by atoms with Gasteiger partial charge in [0.25, 0.3) is 0 Å². The lowest BCUT2D eigenvalue weighted by atomic mass is 9.91. The molecule has 1 fully saturated rings. The fourth-order valence-corrected chi connectivity index (χ4v) is 3.76. The number of fused-ring (bicyclic) bond motifs is 1. The van der Waals surface area contributed by atoms with Crippen LogP contribution in [-0.4, -0.2) is 51.2 Å². The number of aromatic nitrogens is 2. The van der Waals surface area contributed by atoms with Crippen molar-refractivity contribution in [2.24, 2.45) is 11.8 Å². The first-order chi connectivity index (χ1) is 12.5. The summed E-state index contributed by atoms with van der Waals surface area (Å²) in [6.07, 6.45) is 1.26. The third-order valence-corrected chi connectivity index (χ3v) is 4.97. The van der Waals surface area contributed by atoms with Crippen molar-refractivity contribution in [2.75, 3.05) is 19.6 Å². The largest absolute Gasteiger partial charge is 0.481 e. The maximum atomic E-state index is 12.4. The van der Waals surface area contributed by atoms with Crippen LogP contribution < -0.4 is 5.32 Å². The lowest BCUT2D eigenvalue weighted by molar-refractivity contribution is -0.143. The molecule has 1 aromatic carbocycles. The summed E-state index contributed by atoms with van der Waals surface area (Å²) >= 11 is 0. The van der Waals surface area contributed by atoms with Crippen LogP contribution in [0.15, 0.2) is 24.3 Å². The summed E-state index contributed by atoms with van der Waals surface area (Å²) in [5.74, 6) is -0.163. The number of aryl methyl sites for hydroxylation is 1. The van der Waals surface area contributed by atoms with E-state index in [9.17, 15) is 14.7 Å². The molecular weight excluding hydrogens is 332 g/mol. The maximum absolute atomic E-state index is 12.4. The normalized spacial score (nSPS) is 20.3. The summed E-state index contributed by atoms with van der Waals surface area (Å²) in [5.41, 5.74) is 2.07. The zero-order chi connectivity index (χ0) is 18.7. The number of amides is 2. The highest BCUT2D eigenvalue weighted by atomic mass is 16.4. The molecule has 2 aromatic rings. The first kappa shape index (κ1) is 18.2. The summed E-state index contributed by atoms with van der Waals surface area (Å²) in [5, 5.41) is 12.2. The summed E-state index contributed by atoms with van der Waals surface area (Å²) < 4.78 is 2.16. The lowest BCUT2D eigenvalue weighted by Crippen LogP contribution is -2.49. The van der Waals surface area contributed by atoms with Crippen LogP contribution in [0.2, 0.25) is 0 Å². The molecule has 0 aliphatic carbocycles. The smallest absolute Gasteiger partial charge is 0.317 e. The molecule has 7 heteroatoms. The second-order valence-corrected chi connectivity index (χ2v) is 7.02. The Labute approximate surface area is 153 Å². The number of carbonyl (C=O) groups excluding carboxylic acids is 1. The molecule has 140 valence electrons. The van der Waals surface area contributed by atoms with Crippen molar-refractivity contribution in [1.82, 2.24) is 19.8 Å². The van der Waals surface area contributed by atoms with Gasteiger partial charge in [0.2, 0.25) is 0 Å². The van der Waals surface area contributed by atoms with E-state index in [0.717, 1.165) is 23.4 Å². The minimum atomic E-state index is -0.828. The first-order valence-electron chi connectivity index (χ1n) is 9.19. The van der Waals surface area contributed by atoms with E-state index in [1.54, 1.807) is 4.90 Å². The molecule has 2 unspecified atom stereocenters. The van der Waals surface area contributed by atoms with Gasteiger partial charge in [-0.3, -0.25) is 4.79 Å². The molecule has 3 rings (SSSR count). The molecule has 2 heterocycles. The molecule has 2 N–H and O–H groups in total. The third kappa shape index (κ3) is 3.81. The van der Waals surface area contributed by atoms with E-state index in [1.807, 2.05) is 25.1 Å². The van der Waals surface area contributed by atoms with Gasteiger partial charge in [-0.1, -0.05) is 19.1 Å². The van der Waals surface area contributed by atoms with E-state index in [0.29, 0.717) is 25.9 Å². The standard InChI is InChI=1S/C19H26N4O3/c1-3-23-16-7-5-4-6-15(16)21-17(23)8-9-20-19(26)22-11-13(2)10-14(12-22)18(24)25/h4-7,13-14H,3,8-12H2,1-2H3,(H,20,26)(H,24,25). The fraction of sp³-hybridized carbons (Fsp3) is 0.526. The highest BCUT2D eigenvalue weighted by Gasteiger charge is 2.31. The van der Waals surface area contributed by atoms with Crippen LogP contribution in [0, 0.1) is 11.8 Å². The van der Waals surface area contributed by atoms with Crippen LogP contribution in [0.1, 0.15) is 26.1 Å². The van der Waals surface area contributed by atoms with Crippen LogP contribution in [0.5, 0.6) is 0 Å². The number of nitrogens with one attached hydrogen (secondary N) is 1. The predicted molar refractivity (Wildman–Crippen MR) is 99.0 cm³/mol. The number of aliphatic carboxylic acids is 1. The number of likely N-dealkylation sites (tertiary alicyclic amines) is 1. The van der Waals surface area contributed by atoms with Gasteiger partial charge in [-0.2, -0.15) is 0 Å². The molecule has 1 aliphatic heterocycles. The molecular formula is C19H26N4O3. The number of rotatable bonds is 5. The van der Waals surface area contributed by atoms with E-state index in [4.69, 9.17) is 0 Å². The monoisotopic (exact) mass is 358 g/mol. The molecule has 0 saturated carbocycles. The number of hydrogen-bond acceptors (Lipinski definition) is 3. The average molecular weight is 358 g/mol. The predicted octanol–water partition coefficient (Wildman–Crippen LogP) is 2.35. The first-order valence-corrected chi connectivity index (χ1v) is 9.19. The van der Waals surface area contributed by atoms with Gasteiger partial charge in [-0.05, 0) is 31.4 Å². The van der Waals surface area contributed by atoms with Gasteiger partial charge >= 0.3 is 12.0 Å². The average Bonchev–Trinajstić information content (AvgIpc) is 2.98. The van der Waals surface area contributed by atoms with Crippen LogP contribution in [0.3, 0.4) is 0 Å². The fourth-order valence-electron chi connectivity index (χ4n) is 3.76. The highest BCUT2D eigenvalue weighted by molar-refractivity contribution is 5.77. The Kier molecular flexibility index (Phi) is 5.44. The number of piperidine rings is 1. The number of carboxylic acids is 1. The minimum Gasteiger partial charge on any atom is -0.481 e. The van der Waals surface area contributed by atoms with Crippen molar-refractivity contribution in [1.29, 1.82) is 0 Å². The van der Waals surface area contributed by atoms with Gasteiger partial charge in [0.05, 0.1) is 17.0 Å². The quantitative estimate of drug-likeness (QED) is 0.859. The van der Waals surface area contributed by atoms with E-state index >= 15 is 0 Å². The zero-order valence-corrected chi connectivity index (χ0v) is 15.3. The zero-order valence-electron chi connectivity index (χ0n) is 15.3. The summed E-state index contributed by atoms with van der Waals surface area (Å²) in [7, 11) is 0. The third-order valence-electron chi connectivity index (χ3n) is 4.97. The number of nitrogens with zero attached hydrogens (tertiary/aromatic N) is 3. The minimum absolute atomic E-state index is 0.193. The van der Waals surface area contributed by atoms with E-state index in [-0.39, 0.29) is 18.5 Å². The Hall–Kier alpha value is -2.57. The topological polar surface area (TPSA) is 87.5 Å². The molecule has 0 radical (unpaired) electrons. The van der Waals surface area contributed by atoms with Gasteiger partial charge in [0, 0.05) is 32.6 Å². The van der Waals surface area contributed by atoms with Crippen LogP contribution in [0.25, 0.3) is 11.0 Å². The van der Waals surface area contributed by atoms with Crippen molar-refractivity contribution in [3.63, 3.8) is 0 Å². The number of carboxylic acid groups (broad SMARTS) is 1. The number of carbonyl (C=O) groups is 2. The molecule has 1 aliphatic rings. The number of hydrogen-bond donors (Lipinski definition) is 2. The summed E-state index contributed by atoms with van der Waals surface area (Å²) in [4.78, 5) is 30.0. The Morgan fingerprint density at radius 2 is 2.08 bits per heavy atom. The second-order valence-electron chi connectivity index (χ2n) is 7.02. The van der Waals surface area contributed by atoms with Gasteiger partial charge in [0.1, 0.15) is 5.82 Å². The number of para-hydroxylation sites is 2. The van der Waals surface area contributed by atoms with Crippen LogP contribution >= 0.6 is 0 Å². The molecule has 0 bridgehead atoms. The van der Waals surface area contributed by atoms with Crippen molar-refractivity contribution in [3.05, 3.63) is 30.1 Å². The Morgan fingerprint density at radius 1 is 1.31 bits per heavy atom. The van der Waals surface area contributed by atoms with Gasteiger partial charge < -0.3 is 19.9 Å². The van der Waals surface area contributed by atoms with Gasteiger partial charge in [-0.25, -0.2) is 9.78 Å². The number of imidazole rings is 1. The molecule has 1 saturated heterocycles. The SMILES string of the molecule is CCn1c(CCNC(=O)N2CC(C)CC(C(=O)O)C2)nc2ccccc21. The van der Waals surface area contributed by atoms with Crippen molar-refractivity contribution < 1.29 is 14.7 Å². The van der Waals surface area contributed by atoms with Crippen molar-refractivity contribution >= 4 is 23.0 Å². The molecule has 1 aromatic heterocycles.